The predicted octanol–water partition coefficient (Wildman–Crippen LogP) is 3.05. The molecule has 0 saturated heterocycles. The van der Waals surface area contributed by atoms with E-state index < -0.39 is 0 Å². The van der Waals surface area contributed by atoms with Crippen LogP contribution < -0.4 is 5.73 Å². The molecule has 1 aliphatic heterocycles. The van der Waals surface area contributed by atoms with Crippen LogP contribution in [0.5, 0.6) is 0 Å². The third-order valence-electron chi connectivity index (χ3n) is 4.25. The van der Waals surface area contributed by atoms with E-state index in [1.165, 1.54) is 16.0 Å². The first-order valence-corrected chi connectivity index (χ1v) is 8.85. The topological polar surface area (TPSA) is 67.9 Å². The molecule has 0 spiro atoms. The summed E-state index contributed by atoms with van der Waals surface area (Å²) in [7, 11) is 0. The minimum Gasteiger partial charge on any atom is -0.368 e. The summed E-state index contributed by atoms with van der Waals surface area (Å²) in [4.78, 5) is 17.0. The first kappa shape index (κ1) is 15.2. The second-order valence-corrected chi connectivity index (χ2v) is 7.32. The Bertz CT molecular complexity index is 859. The molecule has 0 radical (unpaired) electrons. The number of fused-ring (bicyclic) bond motifs is 1. The molecular formula is C18H19N5S. The lowest BCUT2D eigenvalue weighted by molar-refractivity contribution is 0.245. The Balaban J connectivity index is 1.58. The molecule has 0 fully saturated rings. The number of hydrogen-bond acceptors (Lipinski definition) is 6. The maximum Gasteiger partial charge on any atom is 0.220 e. The maximum absolute atomic E-state index is 5.68. The van der Waals surface area contributed by atoms with Crippen LogP contribution in [-0.4, -0.2) is 26.4 Å². The van der Waals surface area contributed by atoms with Crippen LogP contribution in [0.15, 0.2) is 36.5 Å². The maximum atomic E-state index is 5.68. The molecule has 1 aromatic carbocycles. The van der Waals surface area contributed by atoms with Gasteiger partial charge in [0.05, 0.1) is 16.4 Å². The first-order chi connectivity index (χ1) is 11.7. The van der Waals surface area contributed by atoms with E-state index in [9.17, 15) is 0 Å². The van der Waals surface area contributed by atoms with Crippen molar-refractivity contribution in [3.05, 3.63) is 57.7 Å². The van der Waals surface area contributed by atoms with Gasteiger partial charge in [0.1, 0.15) is 0 Å². The highest BCUT2D eigenvalue weighted by atomic mass is 32.1. The van der Waals surface area contributed by atoms with Crippen LogP contribution in [0.25, 0.3) is 11.3 Å². The van der Waals surface area contributed by atoms with E-state index in [1.807, 2.05) is 12.3 Å². The highest BCUT2D eigenvalue weighted by molar-refractivity contribution is 7.12. The monoisotopic (exact) mass is 337 g/mol. The summed E-state index contributed by atoms with van der Waals surface area (Å²) in [5.74, 6) is 0.367. The molecule has 122 valence electrons. The van der Waals surface area contributed by atoms with Crippen LogP contribution in [0, 0.1) is 6.92 Å². The molecule has 0 amide bonds. The largest absolute Gasteiger partial charge is 0.368 e. The van der Waals surface area contributed by atoms with Gasteiger partial charge < -0.3 is 5.73 Å². The molecule has 0 saturated carbocycles. The summed E-state index contributed by atoms with van der Waals surface area (Å²) in [6.45, 7) is 4.82. The smallest absolute Gasteiger partial charge is 0.220 e. The molecule has 2 N–H and O–H groups in total. The number of nitrogens with zero attached hydrogens (tertiary/aromatic N) is 4. The quantitative estimate of drug-likeness (QED) is 0.795. The molecule has 0 unspecified atom stereocenters. The van der Waals surface area contributed by atoms with Crippen molar-refractivity contribution in [1.29, 1.82) is 0 Å². The summed E-state index contributed by atoms with van der Waals surface area (Å²) >= 11 is 1.78. The van der Waals surface area contributed by atoms with Crippen molar-refractivity contribution in [3.8, 4) is 11.3 Å². The Morgan fingerprint density at radius 1 is 1.21 bits per heavy atom. The van der Waals surface area contributed by atoms with Gasteiger partial charge in [0.25, 0.3) is 0 Å². The molecule has 0 bridgehead atoms. The Hall–Kier alpha value is -2.31. The molecule has 1 aliphatic rings. The summed E-state index contributed by atoms with van der Waals surface area (Å²) in [6.07, 6.45) is 2.78. The van der Waals surface area contributed by atoms with Crippen LogP contribution in [0.2, 0.25) is 0 Å². The van der Waals surface area contributed by atoms with Crippen LogP contribution in [0.1, 0.15) is 21.1 Å². The van der Waals surface area contributed by atoms with Crippen molar-refractivity contribution in [2.75, 3.05) is 12.3 Å². The molecule has 3 aromatic rings. The van der Waals surface area contributed by atoms with Gasteiger partial charge in [-0.25, -0.2) is 15.0 Å². The summed E-state index contributed by atoms with van der Waals surface area (Å²) in [5, 5.41) is 1.11. The molecule has 6 heteroatoms. The van der Waals surface area contributed by atoms with Gasteiger partial charge in [0.15, 0.2) is 0 Å². The third-order valence-corrected chi connectivity index (χ3v) is 5.21. The van der Waals surface area contributed by atoms with Crippen molar-refractivity contribution in [3.63, 3.8) is 0 Å². The normalized spacial score (nSPS) is 14.5. The zero-order chi connectivity index (χ0) is 16.5. The second kappa shape index (κ2) is 6.30. The summed E-state index contributed by atoms with van der Waals surface area (Å²) < 4.78 is 0. The minimum absolute atomic E-state index is 0.367. The molecule has 2 aromatic heterocycles. The summed E-state index contributed by atoms with van der Waals surface area (Å²) in [6, 6.07) is 10.4. The van der Waals surface area contributed by atoms with Gasteiger partial charge in [0, 0.05) is 48.3 Å². The second-order valence-electron chi connectivity index (χ2n) is 6.03. The predicted molar refractivity (Wildman–Crippen MR) is 96.5 cm³/mol. The number of nitrogen functional groups attached to an aromatic ring is 1. The number of benzene rings is 1. The van der Waals surface area contributed by atoms with Gasteiger partial charge >= 0.3 is 0 Å². The van der Waals surface area contributed by atoms with E-state index in [-0.39, 0.29) is 0 Å². The molecule has 4 rings (SSSR count). The number of thiazole rings is 1. The molecule has 0 atom stereocenters. The Morgan fingerprint density at radius 3 is 2.88 bits per heavy atom. The van der Waals surface area contributed by atoms with Gasteiger partial charge in [-0.05, 0) is 6.92 Å². The lowest BCUT2D eigenvalue weighted by atomic mass is 10.1. The number of nitrogens with two attached hydrogens (primary N) is 1. The van der Waals surface area contributed by atoms with Gasteiger partial charge in [-0.2, -0.15) is 0 Å². The van der Waals surface area contributed by atoms with E-state index in [1.54, 1.807) is 11.3 Å². The fourth-order valence-corrected chi connectivity index (χ4v) is 4.13. The van der Waals surface area contributed by atoms with Crippen LogP contribution in [0.3, 0.4) is 0 Å². The standard InChI is InChI=1S/C18H19N5S/c1-12-21-17(13-5-3-2-4-6-13)16(24-12)11-23-8-7-15-14(10-23)9-20-18(19)22-15/h2-6,9H,7-8,10-11H2,1H3,(H2,19,20,22). The molecule has 24 heavy (non-hydrogen) atoms. The zero-order valence-electron chi connectivity index (χ0n) is 13.6. The number of rotatable bonds is 3. The fourth-order valence-electron chi connectivity index (χ4n) is 3.13. The van der Waals surface area contributed by atoms with Crippen molar-refractivity contribution in [1.82, 2.24) is 19.9 Å². The lowest BCUT2D eigenvalue weighted by Gasteiger charge is -2.27. The van der Waals surface area contributed by atoms with Gasteiger partial charge in [-0.1, -0.05) is 30.3 Å². The Kier molecular flexibility index (Phi) is 4.00. The number of anilines is 1. The Labute approximate surface area is 145 Å². The van der Waals surface area contributed by atoms with E-state index in [2.05, 4.69) is 46.1 Å². The molecule has 3 heterocycles. The molecule has 5 nitrogen and oxygen atoms in total. The van der Waals surface area contributed by atoms with E-state index >= 15 is 0 Å². The van der Waals surface area contributed by atoms with E-state index in [4.69, 9.17) is 10.7 Å². The van der Waals surface area contributed by atoms with Crippen molar-refractivity contribution >= 4 is 17.3 Å². The third kappa shape index (κ3) is 3.02. The Morgan fingerprint density at radius 2 is 2.04 bits per heavy atom. The minimum atomic E-state index is 0.367. The van der Waals surface area contributed by atoms with Crippen LogP contribution >= 0.6 is 11.3 Å². The fraction of sp³-hybridized carbons (Fsp3) is 0.278. The highest BCUT2D eigenvalue weighted by Gasteiger charge is 2.21. The lowest BCUT2D eigenvalue weighted by Crippen LogP contribution is -2.31. The highest BCUT2D eigenvalue weighted by Crippen LogP contribution is 2.30. The SMILES string of the molecule is Cc1nc(-c2ccccc2)c(CN2CCc3nc(N)ncc3C2)s1. The number of aryl methyl sites for hydroxylation is 1. The molecular weight excluding hydrogens is 318 g/mol. The van der Waals surface area contributed by atoms with Gasteiger partial charge in [-0.15, -0.1) is 11.3 Å². The first-order valence-electron chi connectivity index (χ1n) is 8.03. The van der Waals surface area contributed by atoms with E-state index in [0.29, 0.717) is 5.95 Å². The van der Waals surface area contributed by atoms with Crippen molar-refractivity contribution < 1.29 is 0 Å². The molecule has 0 aliphatic carbocycles. The number of aromatic nitrogens is 3. The average molecular weight is 337 g/mol. The van der Waals surface area contributed by atoms with Crippen LogP contribution in [0.4, 0.5) is 5.95 Å². The van der Waals surface area contributed by atoms with Crippen LogP contribution in [-0.2, 0) is 19.5 Å². The average Bonchev–Trinajstić information content (AvgIpc) is 2.96. The van der Waals surface area contributed by atoms with Gasteiger partial charge in [0.2, 0.25) is 5.95 Å². The van der Waals surface area contributed by atoms with Crippen molar-refractivity contribution in [2.45, 2.75) is 26.4 Å². The number of hydrogen-bond donors (Lipinski definition) is 1. The van der Waals surface area contributed by atoms with Gasteiger partial charge in [-0.3, -0.25) is 4.90 Å². The zero-order valence-corrected chi connectivity index (χ0v) is 14.4. The summed E-state index contributed by atoms with van der Waals surface area (Å²) in [5.41, 5.74) is 10.2. The van der Waals surface area contributed by atoms with Crippen molar-refractivity contribution in [2.24, 2.45) is 0 Å². The van der Waals surface area contributed by atoms with E-state index in [0.717, 1.165) is 42.5 Å².